The Bertz CT molecular complexity index is 419. The second-order valence-corrected chi connectivity index (χ2v) is 5.63. The van der Waals surface area contributed by atoms with E-state index in [4.69, 9.17) is 0 Å². The maximum absolute atomic E-state index is 13.6. The number of hydrogen-bond acceptors (Lipinski definition) is 3. The molecule has 3 nitrogen and oxygen atoms in total. The summed E-state index contributed by atoms with van der Waals surface area (Å²) < 4.78 is 13.6. The van der Waals surface area contributed by atoms with Gasteiger partial charge in [-0.3, -0.25) is 9.80 Å². The third-order valence-electron chi connectivity index (χ3n) is 4.32. The van der Waals surface area contributed by atoms with Crippen LogP contribution < -0.4 is 0 Å². The van der Waals surface area contributed by atoms with Crippen molar-refractivity contribution in [2.45, 2.75) is 32.4 Å². The van der Waals surface area contributed by atoms with Gasteiger partial charge in [-0.05, 0) is 19.4 Å². The number of hydrogen-bond donors (Lipinski definition) is 1. The van der Waals surface area contributed by atoms with Crippen LogP contribution in [0.5, 0.6) is 0 Å². The Hall–Kier alpha value is -0.970. The van der Waals surface area contributed by atoms with Crippen LogP contribution >= 0.6 is 0 Å². The van der Waals surface area contributed by atoms with E-state index in [0.717, 1.165) is 32.6 Å². The van der Waals surface area contributed by atoms with Crippen molar-refractivity contribution in [3.8, 4) is 0 Å². The fraction of sp³-hybridized carbons (Fsp3) is 0.625. The Morgan fingerprint density at radius 3 is 2.45 bits per heavy atom. The summed E-state index contributed by atoms with van der Waals surface area (Å²) in [6, 6.07) is 7.10. The van der Waals surface area contributed by atoms with Gasteiger partial charge < -0.3 is 5.11 Å². The Morgan fingerprint density at radius 2 is 1.85 bits per heavy atom. The van der Waals surface area contributed by atoms with E-state index in [1.54, 1.807) is 18.2 Å². The van der Waals surface area contributed by atoms with Gasteiger partial charge in [-0.15, -0.1) is 0 Å². The number of halogens is 1. The second kappa shape index (κ2) is 7.16. The standard InChI is InChI=1S/C16H25FN2O/c1-3-13(2)19-10-8-18(9-11-19)12-16(20)14-6-4-5-7-15(14)17/h4-7,13,16,20H,3,8-12H2,1-2H3. The maximum Gasteiger partial charge on any atom is 0.129 e. The van der Waals surface area contributed by atoms with E-state index in [1.807, 2.05) is 0 Å². The molecule has 4 heteroatoms. The Balaban J connectivity index is 1.85. The molecule has 0 spiro atoms. The molecule has 1 aromatic rings. The van der Waals surface area contributed by atoms with Crippen LogP contribution in [0.25, 0.3) is 0 Å². The van der Waals surface area contributed by atoms with Crippen molar-refractivity contribution in [3.63, 3.8) is 0 Å². The Labute approximate surface area is 121 Å². The quantitative estimate of drug-likeness (QED) is 0.896. The molecule has 2 rings (SSSR count). The maximum atomic E-state index is 13.6. The van der Waals surface area contributed by atoms with E-state index in [0.29, 0.717) is 18.2 Å². The lowest BCUT2D eigenvalue weighted by Gasteiger charge is -2.38. The van der Waals surface area contributed by atoms with Gasteiger partial charge >= 0.3 is 0 Å². The van der Waals surface area contributed by atoms with Crippen LogP contribution in [0.2, 0.25) is 0 Å². The lowest BCUT2D eigenvalue weighted by molar-refractivity contribution is 0.0572. The zero-order chi connectivity index (χ0) is 14.5. The molecule has 0 saturated carbocycles. The van der Waals surface area contributed by atoms with Crippen LogP contribution in [0.15, 0.2) is 24.3 Å². The molecule has 1 aromatic carbocycles. The van der Waals surface area contributed by atoms with Crippen molar-refractivity contribution in [2.24, 2.45) is 0 Å². The molecule has 1 fully saturated rings. The number of aliphatic hydroxyl groups is 1. The highest BCUT2D eigenvalue weighted by molar-refractivity contribution is 5.20. The van der Waals surface area contributed by atoms with Crippen LogP contribution in [-0.2, 0) is 0 Å². The van der Waals surface area contributed by atoms with Crippen LogP contribution in [0.1, 0.15) is 31.9 Å². The van der Waals surface area contributed by atoms with Gasteiger partial charge in [0, 0.05) is 44.3 Å². The lowest BCUT2D eigenvalue weighted by Crippen LogP contribution is -2.50. The third kappa shape index (κ3) is 3.78. The predicted octanol–water partition coefficient (Wildman–Crippen LogP) is 2.28. The highest BCUT2D eigenvalue weighted by atomic mass is 19.1. The molecule has 1 saturated heterocycles. The van der Waals surface area contributed by atoms with Crippen molar-refractivity contribution < 1.29 is 9.50 Å². The molecule has 1 aliphatic rings. The molecule has 0 bridgehead atoms. The van der Waals surface area contributed by atoms with E-state index >= 15 is 0 Å². The van der Waals surface area contributed by atoms with Crippen LogP contribution in [-0.4, -0.2) is 53.7 Å². The molecule has 0 radical (unpaired) electrons. The molecule has 0 aliphatic carbocycles. The first kappa shape index (κ1) is 15.4. The summed E-state index contributed by atoms with van der Waals surface area (Å²) in [7, 11) is 0. The largest absolute Gasteiger partial charge is 0.387 e. The lowest BCUT2D eigenvalue weighted by atomic mass is 10.1. The van der Waals surface area contributed by atoms with Crippen molar-refractivity contribution in [3.05, 3.63) is 35.6 Å². The van der Waals surface area contributed by atoms with Gasteiger partial charge in [0.2, 0.25) is 0 Å². The number of β-amino-alcohol motifs (C(OH)–C–C–N with tert-alkyl or cyclic N) is 1. The van der Waals surface area contributed by atoms with Gasteiger partial charge in [-0.2, -0.15) is 0 Å². The molecule has 20 heavy (non-hydrogen) atoms. The minimum absolute atomic E-state index is 0.321. The number of rotatable bonds is 5. The monoisotopic (exact) mass is 280 g/mol. The molecular formula is C16H25FN2O. The van der Waals surface area contributed by atoms with E-state index in [9.17, 15) is 9.50 Å². The van der Waals surface area contributed by atoms with E-state index in [1.165, 1.54) is 6.07 Å². The van der Waals surface area contributed by atoms with Gasteiger partial charge in [0.25, 0.3) is 0 Å². The molecule has 0 aromatic heterocycles. The fourth-order valence-electron chi connectivity index (χ4n) is 2.73. The fourth-order valence-corrected chi connectivity index (χ4v) is 2.73. The SMILES string of the molecule is CCC(C)N1CCN(CC(O)c2ccccc2F)CC1. The van der Waals surface area contributed by atoms with E-state index in [-0.39, 0.29) is 5.82 Å². The van der Waals surface area contributed by atoms with Crippen LogP contribution in [0, 0.1) is 5.82 Å². The number of benzene rings is 1. The number of nitrogens with zero attached hydrogens (tertiary/aromatic N) is 2. The molecular weight excluding hydrogens is 255 g/mol. The first-order valence-corrected chi connectivity index (χ1v) is 7.50. The van der Waals surface area contributed by atoms with Gasteiger partial charge in [0.15, 0.2) is 0 Å². The van der Waals surface area contributed by atoms with Gasteiger partial charge in [-0.1, -0.05) is 25.1 Å². The minimum atomic E-state index is -0.744. The molecule has 1 aliphatic heterocycles. The summed E-state index contributed by atoms with van der Waals surface area (Å²) >= 11 is 0. The Kier molecular flexibility index (Phi) is 5.52. The van der Waals surface area contributed by atoms with Crippen LogP contribution in [0.3, 0.4) is 0 Å². The van der Waals surface area contributed by atoms with Crippen molar-refractivity contribution in [1.82, 2.24) is 9.80 Å². The normalized spacial score (nSPS) is 20.8. The summed E-state index contributed by atoms with van der Waals surface area (Å²) in [5, 5.41) is 10.2. The van der Waals surface area contributed by atoms with Crippen molar-refractivity contribution in [1.29, 1.82) is 0 Å². The zero-order valence-electron chi connectivity index (χ0n) is 12.4. The van der Waals surface area contributed by atoms with Crippen molar-refractivity contribution >= 4 is 0 Å². The highest BCUT2D eigenvalue weighted by Gasteiger charge is 2.22. The van der Waals surface area contributed by atoms with Crippen molar-refractivity contribution in [2.75, 3.05) is 32.7 Å². The molecule has 2 unspecified atom stereocenters. The van der Waals surface area contributed by atoms with E-state index in [2.05, 4.69) is 23.6 Å². The summed E-state index contributed by atoms with van der Waals surface area (Å²) in [6.07, 6.45) is 0.420. The summed E-state index contributed by atoms with van der Waals surface area (Å²) in [4.78, 5) is 4.70. The molecule has 1 heterocycles. The summed E-state index contributed by atoms with van der Waals surface area (Å²) in [6.45, 7) is 8.90. The molecule has 112 valence electrons. The Morgan fingerprint density at radius 1 is 1.20 bits per heavy atom. The van der Waals surface area contributed by atoms with Gasteiger partial charge in [-0.25, -0.2) is 4.39 Å². The first-order chi connectivity index (χ1) is 9.61. The number of aliphatic hydroxyl groups excluding tert-OH is 1. The number of piperazine rings is 1. The van der Waals surface area contributed by atoms with E-state index < -0.39 is 6.10 Å². The topological polar surface area (TPSA) is 26.7 Å². The second-order valence-electron chi connectivity index (χ2n) is 5.63. The predicted molar refractivity (Wildman–Crippen MR) is 79.1 cm³/mol. The van der Waals surface area contributed by atoms with Crippen LogP contribution in [0.4, 0.5) is 4.39 Å². The first-order valence-electron chi connectivity index (χ1n) is 7.50. The zero-order valence-corrected chi connectivity index (χ0v) is 12.4. The summed E-state index contributed by atoms with van der Waals surface area (Å²) in [5.41, 5.74) is 0.400. The van der Waals surface area contributed by atoms with Gasteiger partial charge in [0.05, 0.1) is 6.10 Å². The van der Waals surface area contributed by atoms with Gasteiger partial charge in [0.1, 0.15) is 5.82 Å². The molecule has 1 N–H and O–H groups in total. The average molecular weight is 280 g/mol. The average Bonchev–Trinajstić information content (AvgIpc) is 2.47. The highest BCUT2D eigenvalue weighted by Crippen LogP contribution is 2.19. The molecule has 0 amide bonds. The molecule has 2 atom stereocenters. The third-order valence-corrected chi connectivity index (χ3v) is 4.32. The summed E-state index contributed by atoms with van der Waals surface area (Å²) in [5.74, 6) is -0.321. The minimum Gasteiger partial charge on any atom is -0.387 e. The smallest absolute Gasteiger partial charge is 0.129 e.